The van der Waals surface area contributed by atoms with Gasteiger partial charge < -0.3 is 15.4 Å². The number of methoxy groups -OCH3 is 1. The zero-order valence-corrected chi connectivity index (χ0v) is 10.5. The smallest absolute Gasteiger partial charge is 0.224 e. The molecule has 1 aromatic heterocycles. The van der Waals surface area contributed by atoms with Crippen molar-refractivity contribution in [3.63, 3.8) is 0 Å². The second-order valence-electron chi connectivity index (χ2n) is 4.61. The number of nitrogens with zero attached hydrogens (tertiary/aromatic N) is 2. The van der Waals surface area contributed by atoms with Crippen LogP contribution in [-0.4, -0.2) is 37.3 Å². The van der Waals surface area contributed by atoms with Crippen molar-refractivity contribution in [2.45, 2.75) is 19.3 Å². The first-order valence-electron chi connectivity index (χ1n) is 6.02. The molecule has 1 aliphatic carbocycles. The van der Waals surface area contributed by atoms with Gasteiger partial charge in [0.05, 0.1) is 0 Å². The molecule has 1 saturated carbocycles. The van der Waals surface area contributed by atoms with E-state index in [1.165, 1.54) is 12.8 Å². The summed E-state index contributed by atoms with van der Waals surface area (Å²) >= 11 is 0. The lowest BCUT2D eigenvalue weighted by molar-refractivity contribution is 0.175. The van der Waals surface area contributed by atoms with E-state index in [1.54, 1.807) is 13.3 Å². The lowest BCUT2D eigenvalue weighted by atomic mass is 10.0. The molecular formula is C12H20N4O. The fourth-order valence-electron chi connectivity index (χ4n) is 1.87. The van der Waals surface area contributed by atoms with E-state index in [-0.39, 0.29) is 0 Å². The zero-order chi connectivity index (χ0) is 12.1. The number of nitrogens with one attached hydrogen (secondary N) is 2. The minimum Gasteiger partial charge on any atom is -0.385 e. The minimum absolute atomic E-state index is 0.431. The predicted octanol–water partition coefficient (Wildman–Crippen LogP) is 1.75. The van der Waals surface area contributed by atoms with Crippen molar-refractivity contribution in [1.82, 2.24) is 9.97 Å². The van der Waals surface area contributed by atoms with Gasteiger partial charge in [-0.2, -0.15) is 4.98 Å². The standard InChI is InChI=1S/C12H20N4O/c1-13-11-14-7-3-10(16-11)15-9-12(4-5-12)6-8-17-2/h3,7H,4-6,8-9H2,1-2H3,(H2,13,14,15,16). The summed E-state index contributed by atoms with van der Waals surface area (Å²) in [5.41, 5.74) is 0.431. The fraction of sp³-hybridized carbons (Fsp3) is 0.667. The van der Waals surface area contributed by atoms with Gasteiger partial charge >= 0.3 is 0 Å². The molecule has 0 aliphatic heterocycles. The van der Waals surface area contributed by atoms with Gasteiger partial charge in [-0.15, -0.1) is 0 Å². The Morgan fingerprint density at radius 3 is 2.94 bits per heavy atom. The largest absolute Gasteiger partial charge is 0.385 e. The molecular weight excluding hydrogens is 216 g/mol. The fourth-order valence-corrected chi connectivity index (χ4v) is 1.87. The molecule has 0 radical (unpaired) electrons. The molecule has 17 heavy (non-hydrogen) atoms. The summed E-state index contributed by atoms with van der Waals surface area (Å²) in [6, 6.07) is 1.90. The first-order chi connectivity index (χ1) is 8.28. The highest BCUT2D eigenvalue weighted by atomic mass is 16.5. The van der Waals surface area contributed by atoms with Crippen LogP contribution in [-0.2, 0) is 4.74 Å². The van der Waals surface area contributed by atoms with Gasteiger partial charge in [0.15, 0.2) is 0 Å². The Morgan fingerprint density at radius 2 is 2.29 bits per heavy atom. The Hall–Kier alpha value is -1.36. The van der Waals surface area contributed by atoms with Gasteiger partial charge in [-0.25, -0.2) is 4.98 Å². The summed E-state index contributed by atoms with van der Waals surface area (Å²) in [5.74, 6) is 1.53. The van der Waals surface area contributed by atoms with Crippen LogP contribution in [0.2, 0.25) is 0 Å². The lowest BCUT2D eigenvalue weighted by Gasteiger charge is -2.15. The van der Waals surface area contributed by atoms with Crippen LogP contribution in [0, 0.1) is 5.41 Å². The van der Waals surface area contributed by atoms with Gasteiger partial charge in [0.25, 0.3) is 0 Å². The summed E-state index contributed by atoms with van der Waals surface area (Å²) in [6.45, 7) is 1.81. The maximum atomic E-state index is 5.14. The van der Waals surface area contributed by atoms with E-state index in [9.17, 15) is 0 Å². The third kappa shape index (κ3) is 3.30. The zero-order valence-electron chi connectivity index (χ0n) is 10.5. The summed E-state index contributed by atoms with van der Waals surface area (Å²) in [5, 5.41) is 6.32. The van der Waals surface area contributed by atoms with E-state index in [0.717, 1.165) is 25.4 Å². The molecule has 0 aromatic carbocycles. The molecule has 2 N–H and O–H groups in total. The van der Waals surface area contributed by atoms with Crippen LogP contribution in [0.3, 0.4) is 0 Å². The highest BCUT2D eigenvalue weighted by Crippen LogP contribution is 2.48. The van der Waals surface area contributed by atoms with Crippen LogP contribution in [0.4, 0.5) is 11.8 Å². The number of rotatable bonds is 7. The van der Waals surface area contributed by atoms with Crippen LogP contribution in [0.25, 0.3) is 0 Å². The molecule has 0 saturated heterocycles. The van der Waals surface area contributed by atoms with Crippen LogP contribution >= 0.6 is 0 Å². The maximum absolute atomic E-state index is 5.14. The Morgan fingerprint density at radius 1 is 1.47 bits per heavy atom. The highest BCUT2D eigenvalue weighted by Gasteiger charge is 2.41. The van der Waals surface area contributed by atoms with E-state index >= 15 is 0 Å². The summed E-state index contributed by atoms with van der Waals surface area (Å²) in [6.07, 6.45) is 5.46. The summed E-state index contributed by atoms with van der Waals surface area (Å²) in [4.78, 5) is 8.42. The van der Waals surface area contributed by atoms with E-state index in [2.05, 4.69) is 20.6 Å². The second kappa shape index (κ2) is 5.31. The van der Waals surface area contributed by atoms with Crippen molar-refractivity contribution in [2.24, 2.45) is 5.41 Å². The summed E-state index contributed by atoms with van der Waals surface area (Å²) in [7, 11) is 3.58. The normalized spacial score (nSPS) is 16.6. The van der Waals surface area contributed by atoms with Gasteiger partial charge in [0.1, 0.15) is 5.82 Å². The van der Waals surface area contributed by atoms with Crippen molar-refractivity contribution in [3.05, 3.63) is 12.3 Å². The van der Waals surface area contributed by atoms with Gasteiger partial charge in [0, 0.05) is 33.5 Å². The van der Waals surface area contributed by atoms with Gasteiger partial charge in [-0.3, -0.25) is 0 Å². The Kier molecular flexibility index (Phi) is 3.78. The molecule has 5 nitrogen and oxygen atoms in total. The molecule has 0 atom stereocenters. The van der Waals surface area contributed by atoms with Crippen LogP contribution in [0.1, 0.15) is 19.3 Å². The number of anilines is 2. The van der Waals surface area contributed by atoms with Gasteiger partial charge in [-0.1, -0.05) is 0 Å². The predicted molar refractivity (Wildman–Crippen MR) is 68.2 cm³/mol. The first kappa shape index (κ1) is 12.1. The second-order valence-corrected chi connectivity index (χ2v) is 4.61. The average molecular weight is 236 g/mol. The van der Waals surface area contributed by atoms with Gasteiger partial charge in [0.2, 0.25) is 5.95 Å². The van der Waals surface area contributed by atoms with E-state index in [0.29, 0.717) is 11.4 Å². The Bertz CT molecular complexity index is 365. The molecule has 94 valence electrons. The summed E-state index contributed by atoms with van der Waals surface area (Å²) < 4.78 is 5.14. The number of aromatic nitrogens is 2. The minimum atomic E-state index is 0.431. The SMILES string of the molecule is CNc1nccc(NCC2(CCOC)CC2)n1. The van der Waals surface area contributed by atoms with E-state index in [4.69, 9.17) is 4.74 Å². The molecule has 1 aromatic rings. The van der Waals surface area contributed by atoms with Crippen LogP contribution in [0.5, 0.6) is 0 Å². The molecule has 5 heteroatoms. The molecule has 0 bridgehead atoms. The molecule has 1 fully saturated rings. The molecule has 0 unspecified atom stereocenters. The van der Waals surface area contributed by atoms with Crippen molar-refractivity contribution in [1.29, 1.82) is 0 Å². The average Bonchev–Trinajstić information content (AvgIpc) is 3.15. The molecule has 2 rings (SSSR count). The number of hydrogen-bond acceptors (Lipinski definition) is 5. The topological polar surface area (TPSA) is 59.1 Å². The third-order valence-electron chi connectivity index (χ3n) is 3.32. The number of ether oxygens (including phenoxy) is 1. The molecule has 1 heterocycles. The van der Waals surface area contributed by atoms with E-state index in [1.807, 2.05) is 13.1 Å². The van der Waals surface area contributed by atoms with Gasteiger partial charge in [-0.05, 0) is 30.7 Å². The number of hydrogen-bond donors (Lipinski definition) is 2. The van der Waals surface area contributed by atoms with Crippen molar-refractivity contribution in [3.8, 4) is 0 Å². The first-order valence-corrected chi connectivity index (χ1v) is 6.02. The monoisotopic (exact) mass is 236 g/mol. The molecule has 0 spiro atoms. The lowest BCUT2D eigenvalue weighted by Crippen LogP contribution is -2.18. The Balaban J connectivity index is 1.85. The van der Waals surface area contributed by atoms with E-state index < -0.39 is 0 Å². The van der Waals surface area contributed by atoms with Crippen molar-refractivity contribution >= 4 is 11.8 Å². The quantitative estimate of drug-likeness (QED) is 0.755. The van der Waals surface area contributed by atoms with Crippen molar-refractivity contribution < 1.29 is 4.74 Å². The van der Waals surface area contributed by atoms with Crippen LogP contribution in [0.15, 0.2) is 12.3 Å². The van der Waals surface area contributed by atoms with Crippen LogP contribution < -0.4 is 10.6 Å². The molecule has 1 aliphatic rings. The highest BCUT2D eigenvalue weighted by molar-refractivity contribution is 5.39. The Labute approximate surface area is 102 Å². The third-order valence-corrected chi connectivity index (χ3v) is 3.32. The molecule has 0 amide bonds. The van der Waals surface area contributed by atoms with Crippen molar-refractivity contribution in [2.75, 3.05) is 37.9 Å². The maximum Gasteiger partial charge on any atom is 0.224 e.